The van der Waals surface area contributed by atoms with E-state index >= 15 is 0 Å². The summed E-state index contributed by atoms with van der Waals surface area (Å²) in [6.07, 6.45) is 2.17. The number of methoxy groups -OCH3 is 1. The summed E-state index contributed by atoms with van der Waals surface area (Å²) in [5.74, 6) is 0.119. The van der Waals surface area contributed by atoms with Crippen LogP contribution >= 0.6 is 0 Å². The van der Waals surface area contributed by atoms with E-state index in [2.05, 4.69) is 15.5 Å². The van der Waals surface area contributed by atoms with Crippen molar-refractivity contribution in [2.45, 2.75) is 18.9 Å². The number of carbonyl (C=O) groups is 1. The van der Waals surface area contributed by atoms with E-state index in [0.29, 0.717) is 18.3 Å². The van der Waals surface area contributed by atoms with Crippen LogP contribution in [0.2, 0.25) is 0 Å². The lowest BCUT2D eigenvalue weighted by molar-refractivity contribution is -0.384. The average molecular weight is 322 g/mol. The van der Waals surface area contributed by atoms with Crippen LogP contribution in [0.3, 0.4) is 0 Å². The molecule has 1 aliphatic rings. The fourth-order valence-corrected chi connectivity index (χ4v) is 2.72. The smallest absolute Gasteiger partial charge is 0.273 e. The molecule has 0 radical (unpaired) electrons. The van der Waals surface area contributed by atoms with Crippen molar-refractivity contribution >= 4 is 17.3 Å². The minimum absolute atomic E-state index is 0.0762. The zero-order chi connectivity index (χ0) is 16.8. The Labute approximate surface area is 134 Å². The first kappa shape index (κ1) is 17.2. The largest absolute Gasteiger partial charge is 0.494 e. The number of nitro groups is 1. The summed E-state index contributed by atoms with van der Waals surface area (Å²) in [6.45, 7) is 2.02. The predicted octanol–water partition coefficient (Wildman–Crippen LogP) is 1.23. The molecule has 1 aromatic carbocycles. The number of piperidine rings is 1. The molecule has 0 aromatic heterocycles. The van der Waals surface area contributed by atoms with Crippen LogP contribution in [0.5, 0.6) is 5.75 Å². The first-order chi connectivity index (χ1) is 11.0. The maximum Gasteiger partial charge on any atom is 0.273 e. The average Bonchev–Trinajstić information content (AvgIpc) is 2.55. The molecule has 0 saturated carbocycles. The number of hydrogen-bond donors (Lipinski definition) is 2. The number of rotatable bonds is 6. The molecule has 2 rings (SSSR count). The third kappa shape index (κ3) is 4.64. The van der Waals surface area contributed by atoms with Gasteiger partial charge in [0.05, 0.1) is 30.3 Å². The highest BCUT2D eigenvalue weighted by atomic mass is 16.6. The molecule has 1 aromatic rings. The third-order valence-electron chi connectivity index (χ3n) is 3.95. The number of carbonyl (C=O) groups excluding carboxylic acids is 1. The molecule has 126 valence electrons. The van der Waals surface area contributed by atoms with Crippen LogP contribution in [0.15, 0.2) is 18.2 Å². The van der Waals surface area contributed by atoms with Gasteiger partial charge in [-0.25, -0.2) is 0 Å². The number of amides is 1. The molecule has 1 saturated heterocycles. The predicted molar refractivity (Wildman–Crippen MR) is 86.8 cm³/mol. The van der Waals surface area contributed by atoms with Crippen LogP contribution in [0.25, 0.3) is 0 Å². The van der Waals surface area contributed by atoms with Crippen molar-refractivity contribution in [3.63, 3.8) is 0 Å². The molecule has 0 aliphatic carbocycles. The molecular formula is C15H22N4O4. The summed E-state index contributed by atoms with van der Waals surface area (Å²) < 4.78 is 5.12. The van der Waals surface area contributed by atoms with Crippen molar-refractivity contribution in [2.24, 2.45) is 0 Å². The maximum atomic E-state index is 12.2. The van der Waals surface area contributed by atoms with E-state index in [-0.39, 0.29) is 17.3 Å². The number of likely N-dealkylation sites (tertiary alicyclic amines) is 1. The number of benzene rings is 1. The van der Waals surface area contributed by atoms with Gasteiger partial charge in [-0.1, -0.05) is 0 Å². The number of nitro benzene ring substituents is 1. The summed E-state index contributed by atoms with van der Waals surface area (Å²) >= 11 is 0. The van der Waals surface area contributed by atoms with E-state index in [4.69, 9.17) is 4.74 Å². The lowest BCUT2D eigenvalue weighted by Gasteiger charge is -2.31. The van der Waals surface area contributed by atoms with Crippen LogP contribution in [0.1, 0.15) is 12.8 Å². The second kappa shape index (κ2) is 7.89. The van der Waals surface area contributed by atoms with E-state index in [1.807, 2.05) is 7.05 Å². The highest BCUT2D eigenvalue weighted by molar-refractivity contribution is 5.93. The Balaban J connectivity index is 1.98. The van der Waals surface area contributed by atoms with Crippen LogP contribution in [-0.2, 0) is 4.79 Å². The van der Waals surface area contributed by atoms with E-state index in [1.165, 1.54) is 25.3 Å². The number of hydrogen-bond acceptors (Lipinski definition) is 6. The lowest BCUT2D eigenvalue weighted by atomic mass is 10.1. The van der Waals surface area contributed by atoms with Gasteiger partial charge in [-0.2, -0.15) is 0 Å². The molecule has 2 N–H and O–H groups in total. The fraction of sp³-hybridized carbons (Fsp3) is 0.533. The van der Waals surface area contributed by atoms with Gasteiger partial charge in [-0.05, 0) is 32.5 Å². The maximum absolute atomic E-state index is 12.2. The van der Waals surface area contributed by atoms with Gasteiger partial charge in [-0.15, -0.1) is 0 Å². The first-order valence-electron chi connectivity index (χ1n) is 7.55. The Morgan fingerprint density at radius 2 is 2.30 bits per heavy atom. The molecule has 23 heavy (non-hydrogen) atoms. The molecule has 0 spiro atoms. The van der Waals surface area contributed by atoms with Gasteiger partial charge in [0.15, 0.2) is 0 Å². The topological polar surface area (TPSA) is 96.7 Å². The fourth-order valence-electron chi connectivity index (χ4n) is 2.72. The minimum Gasteiger partial charge on any atom is -0.494 e. The Hall–Kier alpha value is -2.19. The molecule has 8 heteroatoms. The zero-order valence-electron chi connectivity index (χ0n) is 13.4. The second-order valence-corrected chi connectivity index (χ2v) is 5.55. The number of nitrogens with one attached hydrogen (secondary N) is 2. The quantitative estimate of drug-likeness (QED) is 0.604. The van der Waals surface area contributed by atoms with Gasteiger partial charge < -0.3 is 15.4 Å². The molecule has 1 unspecified atom stereocenters. The molecule has 1 aliphatic heterocycles. The summed E-state index contributed by atoms with van der Waals surface area (Å²) in [5.41, 5.74) is 0.359. The minimum atomic E-state index is -0.500. The number of anilines is 1. The Kier molecular flexibility index (Phi) is 5.89. The van der Waals surface area contributed by atoms with Crippen LogP contribution in [0, 0.1) is 10.1 Å². The molecular weight excluding hydrogens is 300 g/mol. The van der Waals surface area contributed by atoms with Gasteiger partial charge in [0, 0.05) is 18.7 Å². The zero-order valence-corrected chi connectivity index (χ0v) is 13.4. The van der Waals surface area contributed by atoms with Crippen molar-refractivity contribution in [1.29, 1.82) is 0 Å². The Morgan fingerprint density at radius 3 is 2.96 bits per heavy atom. The standard InChI is InChI=1S/C15H22N4O4/c1-16-11-4-3-7-18(9-11)10-15(20)17-13-6-5-12(19(21)22)8-14(13)23-2/h5-6,8,11,16H,3-4,7,9-10H2,1-2H3,(H,17,20). The van der Waals surface area contributed by atoms with Gasteiger partial charge in [0.2, 0.25) is 5.91 Å². The first-order valence-corrected chi connectivity index (χ1v) is 7.55. The van der Waals surface area contributed by atoms with E-state index < -0.39 is 4.92 Å². The Bertz CT molecular complexity index is 579. The molecule has 1 atom stereocenters. The Morgan fingerprint density at radius 1 is 1.52 bits per heavy atom. The molecule has 0 bridgehead atoms. The second-order valence-electron chi connectivity index (χ2n) is 5.55. The van der Waals surface area contributed by atoms with Gasteiger partial charge in [0.1, 0.15) is 5.75 Å². The van der Waals surface area contributed by atoms with Crippen LogP contribution in [-0.4, -0.2) is 55.6 Å². The van der Waals surface area contributed by atoms with Gasteiger partial charge >= 0.3 is 0 Å². The molecule has 1 fully saturated rings. The lowest BCUT2D eigenvalue weighted by Crippen LogP contribution is -2.46. The van der Waals surface area contributed by atoms with Crippen molar-refractivity contribution in [2.75, 3.05) is 39.1 Å². The van der Waals surface area contributed by atoms with E-state index in [0.717, 1.165) is 25.9 Å². The van der Waals surface area contributed by atoms with Crippen LogP contribution in [0.4, 0.5) is 11.4 Å². The highest BCUT2D eigenvalue weighted by Crippen LogP contribution is 2.28. The van der Waals surface area contributed by atoms with Gasteiger partial charge in [-0.3, -0.25) is 19.8 Å². The highest BCUT2D eigenvalue weighted by Gasteiger charge is 2.21. The summed E-state index contributed by atoms with van der Waals surface area (Å²) in [4.78, 5) is 24.6. The molecule has 1 amide bonds. The molecule has 1 heterocycles. The number of nitrogens with zero attached hydrogens (tertiary/aromatic N) is 2. The number of non-ortho nitro benzene ring substituents is 1. The van der Waals surface area contributed by atoms with Crippen molar-refractivity contribution in [3.05, 3.63) is 28.3 Å². The van der Waals surface area contributed by atoms with Crippen molar-refractivity contribution < 1.29 is 14.5 Å². The van der Waals surface area contributed by atoms with E-state index in [9.17, 15) is 14.9 Å². The number of likely N-dealkylation sites (N-methyl/N-ethyl adjacent to an activating group) is 1. The van der Waals surface area contributed by atoms with Crippen molar-refractivity contribution in [1.82, 2.24) is 10.2 Å². The third-order valence-corrected chi connectivity index (χ3v) is 3.95. The van der Waals surface area contributed by atoms with Crippen molar-refractivity contribution in [3.8, 4) is 5.75 Å². The van der Waals surface area contributed by atoms with Gasteiger partial charge in [0.25, 0.3) is 5.69 Å². The summed E-state index contributed by atoms with van der Waals surface area (Å²) in [5, 5.41) is 16.8. The SMILES string of the molecule is CNC1CCCN(CC(=O)Nc2ccc([N+](=O)[O-])cc2OC)C1. The molecule has 8 nitrogen and oxygen atoms in total. The monoisotopic (exact) mass is 322 g/mol. The normalized spacial score (nSPS) is 18.4. The van der Waals surface area contributed by atoms with E-state index in [1.54, 1.807) is 0 Å². The summed E-state index contributed by atoms with van der Waals surface area (Å²) in [6, 6.07) is 4.54. The number of ether oxygens (including phenoxy) is 1. The summed E-state index contributed by atoms with van der Waals surface area (Å²) in [7, 11) is 3.34. The van der Waals surface area contributed by atoms with Crippen LogP contribution < -0.4 is 15.4 Å².